The molecule has 7 nitrogen and oxygen atoms in total. The molecule has 1 aromatic heterocycles. The highest BCUT2D eigenvalue weighted by Gasteiger charge is 2.31. The zero-order valence-corrected chi connectivity index (χ0v) is 21.5. The third-order valence-electron chi connectivity index (χ3n) is 4.95. The summed E-state index contributed by atoms with van der Waals surface area (Å²) in [4.78, 5) is 50.3. The number of ether oxygens (including phenoxy) is 1. The van der Waals surface area contributed by atoms with Gasteiger partial charge in [0.25, 0.3) is 0 Å². The van der Waals surface area contributed by atoms with Gasteiger partial charge < -0.3 is 15.4 Å². The number of esters is 1. The molecule has 2 N–H and O–H groups in total. The number of rotatable bonds is 10. The van der Waals surface area contributed by atoms with Crippen molar-refractivity contribution >= 4 is 40.6 Å². The van der Waals surface area contributed by atoms with Crippen LogP contribution < -0.4 is 10.6 Å². The van der Waals surface area contributed by atoms with E-state index in [0.717, 1.165) is 0 Å². The van der Waals surface area contributed by atoms with Crippen LogP contribution in [0.3, 0.4) is 0 Å². The predicted molar refractivity (Wildman–Crippen MR) is 134 cm³/mol. The van der Waals surface area contributed by atoms with Crippen molar-refractivity contribution in [2.24, 2.45) is 5.92 Å². The molecule has 0 aliphatic rings. The second-order valence-electron chi connectivity index (χ2n) is 9.71. The summed E-state index contributed by atoms with van der Waals surface area (Å²) in [7, 11) is 0. The molecule has 2 rings (SSSR count). The summed E-state index contributed by atoms with van der Waals surface area (Å²) in [5.74, 6) is -1.93. The van der Waals surface area contributed by atoms with Crippen LogP contribution in [0.4, 0.5) is 5.69 Å². The van der Waals surface area contributed by atoms with Crippen LogP contribution in [-0.2, 0) is 19.1 Å². The zero-order valence-electron chi connectivity index (χ0n) is 20.6. The van der Waals surface area contributed by atoms with Crippen LogP contribution in [0, 0.1) is 5.92 Å². The van der Waals surface area contributed by atoms with Gasteiger partial charge in [0.15, 0.2) is 5.78 Å². The Labute approximate surface area is 205 Å². The molecule has 34 heavy (non-hydrogen) atoms. The zero-order chi connectivity index (χ0) is 25.5. The average molecular weight is 487 g/mol. The molecular formula is C26H34N2O5S. The molecule has 1 aromatic carbocycles. The van der Waals surface area contributed by atoms with E-state index < -0.39 is 29.4 Å². The molecule has 2 atom stereocenters. The summed E-state index contributed by atoms with van der Waals surface area (Å²) < 4.78 is 5.42. The number of amides is 2. The van der Waals surface area contributed by atoms with Crippen molar-refractivity contribution in [3.05, 3.63) is 52.2 Å². The predicted octanol–water partition coefficient (Wildman–Crippen LogP) is 4.94. The normalized spacial score (nSPS) is 13.1. The highest BCUT2D eigenvalue weighted by atomic mass is 32.1. The molecule has 0 saturated carbocycles. The van der Waals surface area contributed by atoms with Gasteiger partial charge in [-0.05, 0) is 86.7 Å². The Balaban J connectivity index is 2.17. The molecule has 0 aliphatic carbocycles. The van der Waals surface area contributed by atoms with Crippen molar-refractivity contribution in [1.82, 2.24) is 5.32 Å². The third-order valence-corrected chi connectivity index (χ3v) is 5.65. The van der Waals surface area contributed by atoms with Crippen LogP contribution in [0.5, 0.6) is 0 Å². The van der Waals surface area contributed by atoms with Gasteiger partial charge >= 0.3 is 5.97 Å². The number of carbonyl (C=O) groups excluding carboxylic acids is 4. The molecule has 8 heteroatoms. The Bertz CT molecular complexity index is 991. The molecule has 1 heterocycles. The molecule has 0 aliphatic heterocycles. The minimum absolute atomic E-state index is 0.0627. The van der Waals surface area contributed by atoms with E-state index in [2.05, 4.69) is 10.6 Å². The fraction of sp³-hybridized carbons (Fsp3) is 0.462. The van der Waals surface area contributed by atoms with E-state index in [0.29, 0.717) is 23.2 Å². The van der Waals surface area contributed by atoms with Gasteiger partial charge in [0.05, 0.1) is 12.3 Å². The standard InChI is InChI=1S/C26H34N2O5S/c1-16(2)13-22(25(32)27-20-9-7-18(8-10-20)17(3)29)28-24(31)21(19-11-12-34-15-19)14-23(30)33-26(4,5)6/h7-12,15-16,21-22H,13-14H2,1-6H3,(H,27,32)(H,28,31)/t21-,22-/m0/s1. The Kier molecular flexibility index (Phi) is 9.55. The maximum atomic E-state index is 13.3. The summed E-state index contributed by atoms with van der Waals surface area (Å²) in [6, 6.07) is 7.59. The van der Waals surface area contributed by atoms with Crippen LogP contribution in [0.15, 0.2) is 41.1 Å². The number of carbonyl (C=O) groups is 4. The number of hydrogen-bond acceptors (Lipinski definition) is 6. The lowest BCUT2D eigenvalue weighted by Crippen LogP contribution is -2.46. The number of ketones is 1. The van der Waals surface area contributed by atoms with Crippen molar-refractivity contribution < 1.29 is 23.9 Å². The van der Waals surface area contributed by atoms with Gasteiger partial charge in [0.1, 0.15) is 11.6 Å². The minimum atomic E-state index is -0.792. The van der Waals surface area contributed by atoms with Crippen molar-refractivity contribution in [2.75, 3.05) is 5.32 Å². The molecule has 0 bridgehead atoms. The van der Waals surface area contributed by atoms with Crippen LogP contribution in [0.25, 0.3) is 0 Å². The van der Waals surface area contributed by atoms with E-state index in [1.54, 1.807) is 51.1 Å². The number of Topliss-reactive ketones (excluding diaryl/α,β-unsaturated/α-hetero) is 1. The highest BCUT2D eigenvalue weighted by molar-refractivity contribution is 7.08. The second kappa shape index (κ2) is 11.9. The first-order valence-corrected chi connectivity index (χ1v) is 12.3. The number of nitrogens with one attached hydrogen (secondary N) is 2. The van der Waals surface area contributed by atoms with Gasteiger partial charge in [-0.25, -0.2) is 0 Å². The van der Waals surface area contributed by atoms with Gasteiger partial charge in [-0.2, -0.15) is 11.3 Å². The highest BCUT2D eigenvalue weighted by Crippen LogP contribution is 2.25. The molecule has 0 radical (unpaired) electrons. The Morgan fingerprint density at radius 3 is 2.15 bits per heavy atom. The average Bonchev–Trinajstić information content (AvgIpc) is 3.24. The van der Waals surface area contributed by atoms with Gasteiger partial charge in [0, 0.05) is 11.3 Å². The molecule has 184 valence electrons. The molecule has 0 fully saturated rings. The molecule has 0 saturated heterocycles. The molecule has 0 spiro atoms. The smallest absolute Gasteiger partial charge is 0.307 e. The van der Waals surface area contributed by atoms with Crippen LogP contribution in [0.1, 0.15) is 76.2 Å². The molecular weight excluding hydrogens is 452 g/mol. The lowest BCUT2D eigenvalue weighted by atomic mass is 9.95. The van der Waals surface area contributed by atoms with E-state index in [1.165, 1.54) is 18.3 Å². The van der Waals surface area contributed by atoms with Gasteiger partial charge in [-0.1, -0.05) is 13.8 Å². The summed E-state index contributed by atoms with van der Waals surface area (Å²) in [5.41, 5.74) is 1.12. The van der Waals surface area contributed by atoms with E-state index >= 15 is 0 Å². The molecule has 2 amide bonds. The lowest BCUT2D eigenvalue weighted by Gasteiger charge is -2.24. The van der Waals surface area contributed by atoms with Crippen molar-refractivity contribution in [1.29, 1.82) is 0 Å². The van der Waals surface area contributed by atoms with Crippen LogP contribution >= 0.6 is 11.3 Å². The van der Waals surface area contributed by atoms with Crippen molar-refractivity contribution in [2.45, 2.75) is 71.9 Å². The van der Waals surface area contributed by atoms with Gasteiger partial charge in [-0.3, -0.25) is 19.2 Å². The first kappa shape index (κ1) is 27.2. The topological polar surface area (TPSA) is 102 Å². The van der Waals surface area contributed by atoms with Crippen LogP contribution in [-0.4, -0.2) is 35.2 Å². The maximum absolute atomic E-state index is 13.3. The Morgan fingerprint density at radius 1 is 1.00 bits per heavy atom. The SMILES string of the molecule is CC(=O)c1ccc(NC(=O)[C@H](CC(C)C)NC(=O)[C@@H](CC(=O)OC(C)(C)C)c2ccsc2)cc1. The van der Waals surface area contributed by atoms with E-state index in [1.807, 2.05) is 24.6 Å². The van der Waals surface area contributed by atoms with Gasteiger partial charge in [-0.15, -0.1) is 0 Å². The van der Waals surface area contributed by atoms with E-state index in [9.17, 15) is 19.2 Å². The minimum Gasteiger partial charge on any atom is -0.460 e. The summed E-state index contributed by atoms with van der Waals surface area (Å²) in [6.45, 7) is 10.7. The number of benzene rings is 1. The second-order valence-corrected chi connectivity index (χ2v) is 10.5. The Hall–Kier alpha value is -3.00. The third kappa shape index (κ3) is 8.74. The quantitative estimate of drug-likeness (QED) is 0.366. The van der Waals surface area contributed by atoms with Crippen LogP contribution in [0.2, 0.25) is 0 Å². The van der Waals surface area contributed by atoms with E-state index in [4.69, 9.17) is 4.74 Å². The van der Waals surface area contributed by atoms with E-state index in [-0.39, 0.29) is 24.0 Å². The lowest BCUT2D eigenvalue weighted by molar-refractivity contribution is -0.156. The maximum Gasteiger partial charge on any atom is 0.307 e. The number of anilines is 1. The first-order chi connectivity index (χ1) is 15.9. The fourth-order valence-electron chi connectivity index (χ4n) is 3.38. The summed E-state index contributed by atoms with van der Waals surface area (Å²) >= 11 is 1.43. The fourth-order valence-corrected chi connectivity index (χ4v) is 4.09. The van der Waals surface area contributed by atoms with Crippen molar-refractivity contribution in [3.8, 4) is 0 Å². The molecule has 0 unspecified atom stereocenters. The number of thiophene rings is 1. The summed E-state index contributed by atoms with van der Waals surface area (Å²) in [5, 5.41) is 9.32. The summed E-state index contributed by atoms with van der Waals surface area (Å²) in [6.07, 6.45) is 0.300. The first-order valence-electron chi connectivity index (χ1n) is 11.3. The largest absolute Gasteiger partial charge is 0.460 e. The van der Waals surface area contributed by atoms with Crippen molar-refractivity contribution in [3.63, 3.8) is 0 Å². The number of hydrogen-bond donors (Lipinski definition) is 2. The monoisotopic (exact) mass is 486 g/mol. The van der Waals surface area contributed by atoms with Gasteiger partial charge in [0.2, 0.25) is 11.8 Å². The Morgan fingerprint density at radius 2 is 1.65 bits per heavy atom. The molecule has 2 aromatic rings.